The molecule has 0 bridgehead atoms. The number of halogens is 3. The summed E-state index contributed by atoms with van der Waals surface area (Å²) in [4.78, 5) is 0. The van der Waals surface area contributed by atoms with Crippen molar-refractivity contribution in [2.75, 3.05) is 0 Å². The van der Waals surface area contributed by atoms with Gasteiger partial charge < -0.3 is 4.74 Å². The fourth-order valence-corrected chi connectivity index (χ4v) is 1.80. The molecule has 1 rings (SSSR count). The summed E-state index contributed by atoms with van der Waals surface area (Å²) in [6.45, 7) is 0. The number of hydrogen-bond donors (Lipinski definition) is 0. The molecule has 0 aliphatic heterocycles. The maximum atomic E-state index is 12.0. The summed E-state index contributed by atoms with van der Waals surface area (Å²) >= 11 is 0. The predicted octanol–water partition coefficient (Wildman–Crippen LogP) is 2.29. The fourth-order valence-electron chi connectivity index (χ4n) is 1.08. The first kappa shape index (κ1) is 12.8. The number of rotatable bonds is 3. The monoisotopic (exact) mass is 253 g/mol. The van der Waals surface area contributed by atoms with Gasteiger partial charge in [-0.05, 0) is 6.07 Å². The number of hydrogen-bond acceptors (Lipinski definition) is 3. The van der Waals surface area contributed by atoms with E-state index < -0.39 is 27.7 Å². The molecule has 0 saturated carbocycles. The molecule has 0 aliphatic carbocycles. The molecule has 0 saturated heterocycles. The molecule has 1 aromatic rings. The van der Waals surface area contributed by atoms with Gasteiger partial charge in [-0.1, -0.05) is 18.2 Å². The fraction of sp³-hybridized carbons (Fsp3) is 0.222. The molecule has 1 radical (unpaired) electrons. The van der Waals surface area contributed by atoms with Gasteiger partial charge in [-0.2, -0.15) is 0 Å². The van der Waals surface area contributed by atoms with Crippen LogP contribution in [0.3, 0.4) is 0 Å². The first-order chi connectivity index (χ1) is 7.17. The average Bonchev–Trinajstić information content (AvgIpc) is 2.03. The summed E-state index contributed by atoms with van der Waals surface area (Å²) in [6, 6.07) is 5.03. The van der Waals surface area contributed by atoms with Crippen LogP contribution in [0.5, 0.6) is 5.75 Å². The molecule has 3 nitrogen and oxygen atoms in total. The Morgan fingerprint density at radius 2 is 1.81 bits per heavy atom. The van der Waals surface area contributed by atoms with Gasteiger partial charge in [0.1, 0.15) is 5.75 Å². The van der Waals surface area contributed by atoms with Crippen molar-refractivity contribution in [2.24, 2.45) is 0 Å². The second-order valence-electron chi connectivity index (χ2n) is 3.04. The van der Waals surface area contributed by atoms with E-state index >= 15 is 0 Å². The average molecular weight is 253 g/mol. The van der Waals surface area contributed by atoms with Gasteiger partial charge >= 0.3 is 6.36 Å². The lowest BCUT2D eigenvalue weighted by molar-refractivity contribution is -0.274. The molecule has 0 spiro atoms. The third kappa shape index (κ3) is 4.52. The van der Waals surface area contributed by atoms with Crippen molar-refractivity contribution in [3.63, 3.8) is 0 Å². The lowest BCUT2D eigenvalue weighted by Gasteiger charge is -2.12. The van der Waals surface area contributed by atoms with E-state index in [0.717, 1.165) is 6.07 Å². The third-order valence-electron chi connectivity index (χ3n) is 1.57. The number of benzene rings is 1. The van der Waals surface area contributed by atoms with Crippen LogP contribution in [-0.2, 0) is 15.6 Å². The van der Waals surface area contributed by atoms with Crippen molar-refractivity contribution in [1.29, 1.82) is 0 Å². The summed E-state index contributed by atoms with van der Waals surface area (Å²) in [5, 5.41) is 0. The van der Waals surface area contributed by atoms with Gasteiger partial charge in [0.2, 0.25) is 0 Å². The SMILES string of the molecule is [CH2]S(=O)(=O)Cc1ccccc1OC(F)(F)F. The number of para-hydroxylation sites is 1. The Balaban J connectivity index is 3.01. The van der Waals surface area contributed by atoms with E-state index in [1.165, 1.54) is 18.2 Å². The first-order valence-corrected chi connectivity index (χ1v) is 5.89. The van der Waals surface area contributed by atoms with Crippen LogP contribution in [0.15, 0.2) is 24.3 Å². The van der Waals surface area contributed by atoms with Crippen LogP contribution < -0.4 is 4.74 Å². The molecule has 0 aliphatic rings. The normalized spacial score (nSPS) is 12.5. The molecule has 0 fully saturated rings. The van der Waals surface area contributed by atoms with Crippen molar-refractivity contribution in [2.45, 2.75) is 12.1 Å². The molecule has 89 valence electrons. The van der Waals surface area contributed by atoms with Crippen molar-refractivity contribution >= 4 is 9.84 Å². The molecular weight excluding hydrogens is 245 g/mol. The molecular formula is C9H8F3O3S. The Bertz CT molecular complexity index is 465. The molecule has 0 atom stereocenters. The zero-order valence-corrected chi connectivity index (χ0v) is 8.81. The van der Waals surface area contributed by atoms with Crippen molar-refractivity contribution in [3.05, 3.63) is 36.1 Å². The number of sulfone groups is 1. The van der Waals surface area contributed by atoms with E-state index in [0.29, 0.717) is 0 Å². The summed E-state index contributed by atoms with van der Waals surface area (Å²) in [5.74, 6) is -1.12. The maximum Gasteiger partial charge on any atom is 0.573 e. The molecule has 0 unspecified atom stereocenters. The summed E-state index contributed by atoms with van der Waals surface area (Å²) in [7, 11) is -3.65. The molecule has 0 N–H and O–H groups in total. The zero-order chi connectivity index (χ0) is 12.4. The highest BCUT2D eigenvalue weighted by Crippen LogP contribution is 2.27. The predicted molar refractivity (Wildman–Crippen MR) is 51.1 cm³/mol. The van der Waals surface area contributed by atoms with Crippen molar-refractivity contribution in [1.82, 2.24) is 0 Å². The Morgan fingerprint density at radius 3 is 2.31 bits per heavy atom. The highest BCUT2D eigenvalue weighted by molar-refractivity contribution is 7.91. The quantitative estimate of drug-likeness (QED) is 0.830. The second-order valence-corrected chi connectivity index (χ2v) is 4.82. The van der Waals surface area contributed by atoms with E-state index in [9.17, 15) is 21.6 Å². The minimum Gasteiger partial charge on any atom is -0.405 e. The maximum absolute atomic E-state index is 12.0. The van der Waals surface area contributed by atoms with Gasteiger partial charge in [0.15, 0.2) is 9.84 Å². The number of alkyl halides is 3. The molecule has 7 heteroatoms. The largest absolute Gasteiger partial charge is 0.573 e. The summed E-state index contributed by atoms with van der Waals surface area (Å²) in [5.41, 5.74) is -0.0742. The standard InChI is InChI=1S/C9H8F3O3S/c1-16(13,14)6-7-4-2-3-5-8(7)15-9(10,11)12/h2-5H,1,6H2. The first-order valence-electron chi connectivity index (χ1n) is 4.07. The van der Waals surface area contributed by atoms with Crippen molar-refractivity contribution < 1.29 is 26.3 Å². The van der Waals surface area contributed by atoms with Crippen LogP contribution in [0, 0.1) is 6.26 Å². The van der Waals surface area contributed by atoms with Gasteiger partial charge in [0, 0.05) is 5.56 Å². The van der Waals surface area contributed by atoms with E-state index in [2.05, 4.69) is 11.0 Å². The smallest absolute Gasteiger partial charge is 0.405 e. The topological polar surface area (TPSA) is 43.4 Å². The Kier molecular flexibility index (Phi) is 3.47. The van der Waals surface area contributed by atoms with E-state index in [1.807, 2.05) is 0 Å². The van der Waals surface area contributed by atoms with Crippen LogP contribution in [0.2, 0.25) is 0 Å². The van der Waals surface area contributed by atoms with Gasteiger partial charge in [0.25, 0.3) is 0 Å². The van der Waals surface area contributed by atoms with Gasteiger partial charge in [-0.15, -0.1) is 13.2 Å². The van der Waals surface area contributed by atoms with Gasteiger partial charge in [-0.3, -0.25) is 0 Å². The van der Waals surface area contributed by atoms with Crippen LogP contribution in [-0.4, -0.2) is 14.8 Å². The highest BCUT2D eigenvalue weighted by atomic mass is 32.2. The van der Waals surface area contributed by atoms with Crippen molar-refractivity contribution in [3.8, 4) is 5.75 Å². The number of ether oxygens (including phenoxy) is 1. The summed E-state index contributed by atoms with van der Waals surface area (Å²) < 4.78 is 61.3. The Labute approximate surface area is 90.8 Å². The Hall–Kier alpha value is -1.24. The van der Waals surface area contributed by atoms with E-state index in [-0.39, 0.29) is 5.56 Å². The van der Waals surface area contributed by atoms with Crippen LogP contribution in [0.1, 0.15) is 5.56 Å². The lowest BCUT2D eigenvalue weighted by Crippen LogP contribution is -2.18. The van der Waals surface area contributed by atoms with Crippen LogP contribution in [0.25, 0.3) is 0 Å². The summed E-state index contributed by atoms with van der Waals surface area (Å²) in [6.07, 6.45) is -2.01. The van der Waals surface area contributed by atoms with Gasteiger partial charge in [-0.25, -0.2) is 8.42 Å². The van der Waals surface area contributed by atoms with Gasteiger partial charge in [0.05, 0.1) is 12.0 Å². The zero-order valence-electron chi connectivity index (χ0n) is 7.99. The molecule has 0 aromatic heterocycles. The minimum absolute atomic E-state index is 0.0742. The van der Waals surface area contributed by atoms with Crippen LogP contribution >= 0.6 is 0 Å². The lowest BCUT2D eigenvalue weighted by atomic mass is 10.2. The molecule has 0 amide bonds. The van der Waals surface area contributed by atoms with E-state index in [4.69, 9.17) is 0 Å². The van der Waals surface area contributed by atoms with E-state index in [1.54, 1.807) is 0 Å². The minimum atomic E-state index is -4.85. The molecule has 0 heterocycles. The Morgan fingerprint density at radius 1 is 1.25 bits per heavy atom. The highest BCUT2D eigenvalue weighted by Gasteiger charge is 2.32. The molecule has 16 heavy (non-hydrogen) atoms. The molecule has 1 aromatic carbocycles. The third-order valence-corrected chi connectivity index (χ3v) is 2.32. The second kappa shape index (κ2) is 4.32. The van der Waals surface area contributed by atoms with Crippen LogP contribution in [0.4, 0.5) is 13.2 Å².